The Bertz CT molecular complexity index is 1290. The van der Waals surface area contributed by atoms with Crippen LogP contribution in [-0.2, 0) is 23.7 Å². The molecule has 1 saturated heterocycles. The Hall–Kier alpha value is -1.41. The van der Waals surface area contributed by atoms with Gasteiger partial charge in [-0.2, -0.15) is 0 Å². The van der Waals surface area contributed by atoms with Crippen molar-refractivity contribution in [1.29, 1.82) is 0 Å². The summed E-state index contributed by atoms with van der Waals surface area (Å²) < 4.78 is 29.6. The maximum atomic E-state index is 13.0. The number of morpholine rings is 1. The lowest BCUT2D eigenvalue weighted by molar-refractivity contribution is -0.0696. The molecule has 4 aliphatic carbocycles. The van der Waals surface area contributed by atoms with Crippen molar-refractivity contribution < 1.29 is 28.5 Å². The molecule has 0 radical (unpaired) electrons. The fraction of sp³-hybridized carbons (Fsp3) is 0.909. The van der Waals surface area contributed by atoms with E-state index in [0.717, 1.165) is 101 Å². The van der Waals surface area contributed by atoms with Gasteiger partial charge in [0, 0.05) is 32.7 Å². The molecule has 5 rings (SSSR count). The summed E-state index contributed by atoms with van der Waals surface area (Å²) in [6.07, 6.45) is 38.9. The molecule has 358 valence electrons. The Morgan fingerprint density at radius 3 is 2.24 bits per heavy atom. The van der Waals surface area contributed by atoms with E-state index in [4.69, 9.17) is 23.7 Å². The molecule has 62 heavy (non-hydrogen) atoms. The van der Waals surface area contributed by atoms with Crippen molar-refractivity contribution in [2.24, 2.45) is 46.3 Å². The number of ether oxygens (including phenoxy) is 5. The molecule has 9 atom stereocenters. The first-order valence-electron chi connectivity index (χ1n) is 26.8. The number of unbranched alkanes of at least 4 members (excludes halogenated alkanes) is 12. The van der Waals surface area contributed by atoms with E-state index in [2.05, 4.69) is 64.7 Å². The van der Waals surface area contributed by atoms with Gasteiger partial charge in [-0.15, -0.1) is 0 Å². The topological polar surface area (TPSA) is 66.5 Å². The largest absolute Gasteiger partial charge is 0.508 e. The predicted octanol–water partition coefficient (Wildman–Crippen LogP) is 14.3. The monoisotopic (exact) mass is 868 g/mol. The standard InChI is InChI=1S/C55H97NO6/c1-7-8-9-10-11-12-13-14-15-16-17-18-19-20-21-22-36-59-43-48(42-56-34-37-58-38-35-56)60-39-40-61-53(57)62-47-30-32-54(5)46(41-47)26-27-49-51-29-28-50(45(4)25-23-24-44(2)3)55(51,6)33-31-52(49)54/h14-15,26,44-45,47-52H,7-13,16-25,27-43H2,1-6H3/b15-14-/t45-,47+,48?,49+,50-,51+,52+,54+,55-/m1/s1. The van der Waals surface area contributed by atoms with E-state index in [0.29, 0.717) is 18.6 Å². The minimum Gasteiger partial charge on any atom is -0.432 e. The number of hydrogen-bond donors (Lipinski definition) is 0. The Kier molecular flexibility index (Phi) is 23.2. The predicted molar refractivity (Wildman–Crippen MR) is 257 cm³/mol. The highest BCUT2D eigenvalue weighted by atomic mass is 16.7. The molecule has 0 N–H and O–H groups in total. The Morgan fingerprint density at radius 2 is 1.52 bits per heavy atom. The van der Waals surface area contributed by atoms with E-state index in [9.17, 15) is 4.79 Å². The van der Waals surface area contributed by atoms with Gasteiger partial charge in [0.05, 0.1) is 32.5 Å². The summed E-state index contributed by atoms with van der Waals surface area (Å²) in [4.78, 5) is 15.4. The second-order valence-corrected chi connectivity index (χ2v) is 21.8. The van der Waals surface area contributed by atoms with Crippen LogP contribution in [-0.4, -0.2) is 82.5 Å². The first-order valence-corrected chi connectivity index (χ1v) is 26.8. The van der Waals surface area contributed by atoms with Crippen LogP contribution in [0, 0.1) is 46.3 Å². The summed E-state index contributed by atoms with van der Waals surface area (Å²) >= 11 is 0. The SMILES string of the molecule is CCCCCCCC/C=C\CCCCCCCCOCC(CN1CCOCC1)OCCOC(=O)O[C@H]1CC[C@@]2(C)C(=CC[C@H]3[C@@H]4CC[C@H]([C@H](C)CCCC(C)C)[C@@]4(C)CC[C@@H]32)C1. The van der Waals surface area contributed by atoms with E-state index in [-0.39, 0.29) is 24.2 Å². The zero-order valence-corrected chi connectivity index (χ0v) is 41.3. The van der Waals surface area contributed by atoms with Gasteiger partial charge in [0.1, 0.15) is 12.7 Å². The van der Waals surface area contributed by atoms with Gasteiger partial charge in [-0.1, -0.05) is 142 Å². The second kappa shape index (κ2) is 27.9. The second-order valence-electron chi connectivity index (χ2n) is 21.8. The average Bonchev–Trinajstić information content (AvgIpc) is 3.62. The summed E-state index contributed by atoms with van der Waals surface area (Å²) in [6, 6.07) is 0. The molecule has 1 unspecified atom stereocenters. The lowest BCUT2D eigenvalue weighted by Gasteiger charge is -2.58. The van der Waals surface area contributed by atoms with Gasteiger partial charge in [0.2, 0.25) is 0 Å². The van der Waals surface area contributed by atoms with Crippen LogP contribution in [0.15, 0.2) is 23.8 Å². The van der Waals surface area contributed by atoms with Crippen molar-refractivity contribution >= 4 is 6.16 Å². The molecule has 7 heteroatoms. The Morgan fingerprint density at radius 1 is 0.806 bits per heavy atom. The Labute approximate surface area is 382 Å². The van der Waals surface area contributed by atoms with Crippen LogP contribution in [0.4, 0.5) is 4.79 Å². The maximum Gasteiger partial charge on any atom is 0.508 e. The lowest BCUT2D eigenvalue weighted by Crippen LogP contribution is -2.51. The number of rotatable bonds is 30. The normalized spacial score (nSPS) is 29.9. The summed E-state index contributed by atoms with van der Waals surface area (Å²) in [5, 5.41) is 0. The third-order valence-electron chi connectivity index (χ3n) is 16.8. The summed E-state index contributed by atoms with van der Waals surface area (Å²) in [5.41, 5.74) is 2.30. The van der Waals surface area contributed by atoms with Crippen LogP contribution in [0.2, 0.25) is 0 Å². The van der Waals surface area contributed by atoms with Gasteiger partial charge in [0.15, 0.2) is 0 Å². The van der Waals surface area contributed by atoms with Crippen molar-refractivity contribution in [2.45, 2.75) is 214 Å². The molecule has 0 amide bonds. The number of fused-ring (bicyclic) bond motifs is 5. The van der Waals surface area contributed by atoms with Crippen LogP contribution < -0.4 is 0 Å². The van der Waals surface area contributed by atoms with Crippen LogP contribution in [0.5, 0.6) is 0 Å². The minimum absolute atomic E-state index is 0.0641. The molecule has 1 heterocycles. The smallest absolute Gasteiger partial charge is 0.432 e. The molecule has 5 aliphatic rings. The average molecular weight is 868 g/mol. The molecule has 7 nitrogen and oxygen atoms in total. The molecule has 0 aromatic carbocycles. The number of carbonyl (C=O) groups excluding carboxylic acids is 1. The van der Waals surface area contributed by atoms with Crippen LogP contribution in [0.3, 0.4) is 0 Å². The van der Waals surface area contributed by atoms with Crippen LogP contribution >= 0.6 is 0 Å². The summed E-state index contributed by atoms with van der Waals surface area (Å²) in [5.74, 6) is 4.99. The third kappa shape index (κ3) is 16.2. The fourth-order valence-electron chi connectivity index (χ4n) is 13.2. The highest BCUT2D eigenvalue weighted by molar-refractivity contribution is 5.60. The lowest BCUT2D eigenvalue weighted by atomic mass is 9.47. The van der Waals surface area contributed by atoms with Crippen molar-refractivity contribution in [3.8, 4) is 0 Å². The van der Waals surface area contributed by atoms with Crippen molar-refractivity contribution in [2.75, 3.05) is 59.3 Å². The zero-order chi connectivity index (χ0) is 44.0. The molecule has 4 fully saturated rings. The van der Waals surface area contributed by atoms with E-state index in [1.165, 1.54) is 135 Å². The molecule has 0 spiro atoms. The van der Waals surface area contributed by atoms with Gasteiger partial charge in [-0.3, -0.25) is 4.90 Å². The number of hydrogen-bond acceptors (Lipinski definition) is 7. The van der Waals surface area contributed by atoms with Crippen molar-refractivity contribution in [3.05, 3.63) is 23.8 Å². The van der Waals surface area contributed by atoms with Crippen molar-refractivity contribution in [3.63, 3.8) is 0 Å². The highest BCUT2D eigenvalue weighted by Crippen LogP contribution is 2.67. The maximum absolute atomic E-state index is 13.0. The van der Waals surface area contributed by atoms with E-state index < -0.39 is 6.16 Å². The first-order chi connectivity index (χ1) is 30.1. The van der Waals surface area contributed by atoms with Crippen LogP contribution in [0.1, 0.15) is 202 Å². The Balaban J connectivity index is 0.944. The molecular formula is C55H97NO6. The summed E-state index contributed by atoms with van der Waals surface area (Å²) in [7, 11) is 0. The van der Waals surface area contributed by atoms with Gasteiger partial charge >= 0.3 is 6.16 Å². The minimum atomic E-state index is -0.551. The number of nitrogens with zero attached hydrogens (tertiary/aromatic N) is 1. The molecule has 3 saturated carbocycles. The van der Waals surface area contributed by atoms with E-state index in [1.807, 2.05) is 0 Å². The van der Waals surface area contributed by atoms with Crippen LogP contribution in [0.25, 0.3) is 0 Å². The summed E-state index contributed by atoms with van der Waals surface area (Å²) in [6.45, 7) is 20.8. The molecule has 1 aliphatic heterocycles. The third-order valence-corrected chi connectivity index (χ3v) is 16.8. The molecule has 0 bridgehead atoms. The number of carbonyl (C=O) groups is 1. The van der Waals surface area contributed by atoms with Crippen molar-refractivity contribution in [1.82, 2.24) is 4.90 Å². The van der Waals surface area contributed by atoms with E-state index >= 15 is 0 Å². The fourth-order valence-corrected chi connectivity index (χ4v) is 13.2. The first kappa shape index (κ1) is 51.6. The van der Waals surface area contributed by atoms with Gasteiger partial charge in [-0.25, -0.2) is 4.79 Å². The van der Waals surface area contributed by atoms with Gasteiger partial charge in [0.25, 0.3) is 0 Å². The number of allylic oxidation sites excluding steroid dienone is 3. The van der Waals surface area contributed by atoms with Gasteiger partial charge < -0.3 is 23.7 Å². The van der Waals surface area contributed by atoms with Gasteiger partial charge in [-0.05, 0) is 123 Å². The highest BCUT2D eigenvalue weighted by Gasteiger charge is 2.59. The molecular weight excluding hydrogens is 771 g/mol. The zero-order valence-electron chi connectivity index (χ0n) is 41.3. The molecule has 0 aromatic heterocycles. The van der Waals surface area contributed by atoms with E-state index in [1.54, 1.807) is 5.57 Å². The molecule has 0 aromatic rings. The quantitative estimate of drug-likeness (QED) is 0.0405.